The minimum atomic E-state index is -0.562. The minimum absolute atomic E-state index is 0.0541. The van der Waals surface area contributed by atoms with Crippen molar-refractivity contribution >= 4 is 23.2 Å². The number of aromatic nitrogens is 2. The average Bonchev–Trinajstić information content (AvgIpc) is 3.83. The molecule has 1 aliphatic carbocycles. The number of benzene rings is 1. The summed E-state index contributed by atoms with van der Waals surface area (Å²) in [5.41, 5.74) is 4.98. The monoisotopic (exact) mass is 635 g/mol. The Kier molecular flexibility index (Phi) is 9.58. The number of nitrogens with zero attached hydrogens (tertiary/aromatic N) is 4. The lowest BCUT2D eigenvalue weighted by Gasteiger charge is -2.29. The van der Waals surface area contributed by atoms with Gasteiger partial charge in [-0.1, -0.05) is 38.1 Å². The van der Waals surface area contributed by atoms with E-state index in [1.54, 1.807) is 22.3 Å². The Balaban J connectivity index is 1.04. The molecule has 3 aliphatic rings. The quantitative estimate of drug-likeness (QED) is 0.309. The number of thiazole rings is 1. The number of aliphatic hydroxyl groups excluding tert-OH is 1. The van der Waals surface area contributed by atoms with Gasteiger partial charge < -0.3 is 24.6 Å². The number of carbonyl (C=O) groups excluding carboxylic acids is 2. The molecule has 5 atom stereocenters. The van der Waals surface area contributed by atoms with Crippen molar-refractivity contribution in [3.05, 3.63) is 52.9 Å². The van der Waals surface area contributed by atoms with Gasteiger partial charge in [0, 0.05) is 32.2 Å². The van der Waals surface area contributed by atoms with E-state index in [9.17, 15) is 14.7 Å². The second-order valence-corrected chi connectivity index (χ2v) is 14.2. The fraction of sp³-hybridized carbons (Fsp3) is 0.588. The number of hydrogen-bond acceptors (Lipinski definition) is 9. The van der Waals surface area contributed by atoms with Gasteiger partial charge in [0.15, 0.2) is 5.76 Å². The third-order valence-electron chi connectivity index (χ3n) is 9.82. The van der Waals surface area contributed by atoms with Crippen LogP contribution >= 0.6 is 11.3 Å². The Morgan fingerprint density at radius 2 is 1.89 bits per heavy atom. The predicted molar refractivity (Wildman–Crippen MR) is 172 cm³/mol. The van der Waals surface area contributed by atoms with Crippen LogP contribution in [0.4, 0.5) is 0 Å². The van der Waals surface area contributed by atoms with E-state index < -0.39 is 12.0 Å². The summed E-state index contributed by atoms with van der Waals surface area (Å²) in [6.45, 7) is 11.7. The normalized spacial score (nSPS) is 24.6. The van der Waals surface area contributed by atoms with Crippen LogP contribution in [-0.2, 0) is 9.59 Å². The van der Waals surface area contributed by atoms with E-state index in [0.717, 1.165) is 60.6 Å². The largest absolute Gasteiger partial charge is 0.474 e. The molecular formula is C34H45N5O5S. The molecule has 2 N–H and O–H groups in total. The second-order valence-electron chi connectivity index (χ2n) is 13.4. The summed E-state index contributed by atoms with van der Waals surface area (Å²) in [5, 5.41) is 17.1. The lowest BCUT2D eigenvalue weighted by molar-refractivity contribution is -0.141. The molecule has 2 aliphatic heterocycles. The number of likely N-dealkylation sites (tertiary alicyclic amines) is 2. The molecule has 2 aromatic heterocycles. The average molecular weight is 636 g/mol. The lowest BCUT2D eigenvalue weighted by Crippen LogP contribution is -2.48. The van der Waals surface area contributed by atoms with Crippen LogP contribution in [0.5, 0.6) is 5.88 Å². The van der Waals surface area contributed by atoms with Crippen LogP contribution in [0.3, 0.4) is 0 Å². The first-order chi connectivity index (χ1) is 21.7. The molecule has 3 unspecified atom stereocenters. The summed E-state index contributed by atoms with van der Waals surface area (Å²) < 4.78 is 11.6. The molecule has 10 nitrogen and oxygen atoms in total. The fourth-order valence-electron chi connectivity index (χ4n) is 7.43. The van der Waals surface area contributed by atoms with E-state index in [0.29, 0.717) is 43.0 Å². The summed E-state index contributed by atoms with van der Waals surface area (Å²) in [6, 6.07) is 9.20. The zero-order valence-electron chi connectivity index (χ0n) is 26.6. The Morgan fingerprint density at radius 3 is 2.56 bits per heavy atom. The number of nitrogens with one attached hydrogen (secondary N) is 1. The van der Waals surface area contributed by atoms with Gasteiger partial charge in [0.1, 0.15) is 18.6 Å². The fourth-order valence-corrected chi connectivity index (χ4v) is 8.24. The summed E-state index contributed by atoms with van der Waals surface area (Å²) in [6.07, 6.45) is 3.06. The number of amides is 2. The highest BCUT2D eigenvalue weighted by Crippen LogP contribution is 2.38. The maximum atomic E-state index is 13.9. The van der Waals surface area contributed by atoms with Crippen LogP contribution in [0.1, 0.15) is 75.4 Å². The van der Waals surface area contributed by atoms with Crippen LogP contribution < -0.4 is 10.1 Å². The van der Waals surface area contributed by atoms with Gasteiger partial charge in [-0.25, -0.2) is 4.98 Å². The molecule has 11 heteroatoms. The molecule has 1 aromatic carbocycles. The number of aryl methyl sites for hydroxylation is 1. The van der Waals surface area contributed by atoms with Gasteiger partial charge in [0.25, 0.3) is 5.88 Å². The second kappa shape index (κ2) is 13.6. The molecule has 2 amide bonds. The minimum Gasteiger partial charge on any atom is -0.474 e. The van der Waals surface area contributed by atoms with Crippen LogP contribution in [0.2, 0.25) is 0 Å². The van der Waals surface area contributed by atoms with E-state index in [4.69, 9.17) is 9.26 Å². The Labute approximate surface area is 269 Å². The maximum Gasteiger partial charge on any atom is 0.254 e. The number of hydrogen-bond donors (Lipinski definition) is 2. The van der Waals surface area contributed by atoms with Crippen molar-refractivity contribution in [2.45, 2.75) is 77.5 Å². The molecule has 3 aromatic rings. The van der Waals surface area contributed by atoms with Gasteiger partial charge in [-0.3, -0.25) is 14.5 Å². The topological polar surface area (TPSA) is 121 Å². The van der Waals surface area contributed by atoms with E-state index in [-0.39, 0.29) is 29.9 Å². The van der Waals surface area contributed by atoms with E-state index in [1.807, 2.05) is 45.3 Å². The number of ether oxygens (including phenoxy) is 1. The molecule has 45 heavy (non-hydrogen) atoms. The highest BCUT2D eigenvalue weighted by atomic mass is 32.1. The van der Waals surface area contributed by atoms with Crippen molar-refractivity contribution < 1.29 is 24.0 Å². The van der Waals surface area contributed by atoms with Crippen LogP contribution in [0.15, 0.2) is 40.4 Å². The highest BCUT2D eigenvalue weighted by molar-refractivity contribution is 7.13. The van der Waals surface area contributed by atoms with Crippen molar-refractivity contribution in [1.82, 2.24) is 25.3 Å². The first kappa shape index (κ1) is 31.7. The molecule has 0 radical (unpaired) electrons. The van der Waals surface area contributed by atoms with Gasteiger partial charge in [-0.2, -0.15) is 0 Å². The Morgan fingerprint density at radius 1 is 1.16 bits per heavy atom. The predicted octanol–water partition coefficient (Wildman–Crippen LogP) is 4.80. The zero-order chi connectivity index (χ0) is 31.7. The van der Waals surface area contributed by atoms with Crippen LogP contribution in [0, 0.1) is 24.7 Å². The SMILES string of the molecule is Cc1ncsc1-c1ccc([C@H](C)NC(=O)[C@@H]2CCCN2C(=O)C(c2cc(OCCN3CC4CC(O)CC4C3)no2)C(C)C)cc1. The van der Waals surface area contributed by atoms with Crippen molar-refractivity contribution in [2.75, 3.05) is 32.8 Å². The number of carbonyl (C=O) groups is 2. The van der Waals surface area contributed by atoms with Gasteiger partial charge >= 0.3 is 0 Å². The molecule has 0 spiro atoms. The van der Waals surface area contributed by atoms with E-state index in [1.165, 1.54) is 0 Å². The Hall–Kier alpha value is -3.28. The van der Waals surface area contributed by atoms with Crippen LogP contribution in [-0.4, -0.2) is 81.8 Å². The van der Waals surface area contributed by atoms with Gasteiger partial charge in [-0.15, -0.1) is 11.3 Å². The van der Waals surface area contributed by atoms with Crippen molar-refractivity contribution in [3.8, 4) is 16.3 Å². The first-order valence-corrected chi connectivity index (χ1v) is 17.2. The maximum absolute atomic E-state index is 13.9. The third kappa shape index (κ3) is 6.95. The summed E-state index contributed by atoms with van der Waals surface area (Å²) in [4.78, 5) is 37.0. The summed E-state index contributed by atoms with van der Waals surface area (Å²) in [5.74, 6) is 1.13. The van der Waals surface area contributed by atoms with Gasteiger partial charge in [0.05, 0.1) is 28.2 Å². The smallest absolute Gasteiger partial charge is 0.254 e. The number of aliphatic hydroxyl groups is 1. The van der Waals surface area contributed by atoms with Crippen molar-refractivity contribution in [2.24, 2.45) is 17.8 Å². The zero-order valence-corrected chi connectivity index (χ0v) is 27.5. The molecule has 2 saturated heterocycles. The molecule has 1 saturated carbocycles. The van der Waals surface area contributed by atoms with Gasteiger partial charge in [0.2, 0.25) is 11.8 Å². The van der Waals surface area contributed by atoms with Gasteiger partial charge in [-0.05, 0) is 73.6 Å². The summed E-state index contributed by atoms with van der Waals surface area (Å²) in [7, 11) is 0. The van der Waals surface area contributed by atoms with E-state index in [2.05, 4.69) is 32.5 Å². The van der Waals surface area contributed by atoms with Crippen molar-refractivity contribution in [1.29, 1.82) is 0 Å². The van der Waals surface area contributed by atoms with Crippen molar-refractivity contribution in [3.63, 3.8) is 0 Å². The molecule has 242 valence electrons. The first-order valence-electron chi connectivity index (χ1n) is 16.3. The Bertz CT molecular complexity index is 1460. The molecular weight excluding hydrogens is 590 g/mol. The summed E-state index contributed by atoms with van der Waals surface area (Å²) >= 11 is 1.62. The highest BCUT2D eigenvalue weighted by Gasteiger charge is 2.41. The number of rotatable bonds is 11. The third-order valence-corrected chi connectivity index (χ3v) is 10.8. The molecule has 4 heterocycles. The van der Waals surface area contributed by atoms with E-state index >= 15 is 0 Å². The lowest BCUT2D eigenvalue weighted by atomic mass is 9.91. The standard InChI is InChI=1S/C34H45N5O5S/c1-20(2)31(29-16-30(37-44-29)43-13-12-38-17-25-14-27(40)15-26(25)18-38)34(42)39-11-5-6-28(39)33(41)36-21(3)23-7-9-24(10-8-23)32-22(4)35-19-45-32/h7-10,16,19-21,25-28,31,40H,5-6,11-15,17-18H2,1-4H3,(H,36,41)/t21-,25?,26?,27?,28-,31?/m0/s1. The number of fused-ring (bicyclic) bond motifs is 1. The molecule has 6 rings (SSSR count). The molecule has 3 fully saturated rings. The van der Waals surface area contributed by atoms with Crippen LogP contribution in [0.25, 0.3) is 10.4 Å². The molecule has 0 bridgehead atoms.